The fourth-order valence-electron chi connectivity index (χ4n) is 2.01. The van der Waals surface area contributed by atoms with Crippen LogP contribution in [0.2, 0.25) is 5.15 Å². The van der Waals surface area contributed by atoms with Gasteiger partial charge in [-0.2, -0.15) is 0 Å². The topological polar surface area (TPSA) is 25.8 Å². The number of rotatable bonds is 2. The molecule has 0 atom stereocenters. The molecule has 0 fully saturated rings. The molecule has 20 heavy (non-hydrogen) atoms. The van der Waals surface area contributed by atoms with Crippen LogP contribution in [0.4, 0.5) is 0 Å². The molecular formula is C15H10ClIN2S. The van der Waals surface area contributed by atoms with Gasteiger partial charge in [-0.3, -0.25) is 0 Å². The first-order chi connectivity index (χ1) is 9.69. The molecule has 1 heterocycles. The summed E-state index contributed by atoms with van der Waals surface area (Å²) in [4.78, 5) is 10.2. The van der Waals surface area contributed by atoms with E-state index in [2.05, 4.69) is 38.6 Å². The van der Waals surface area contributed by atoms with Crippen LogP contribution in [-0.4, -0.2) is 16.2 Å². The highest BCUT2D eigenvalue weighted by Gasteiger charge is 2.11. The Kier molecular flexibility index (Phi) is 4.14. The Hall–Kier alpha value is -0.850. The molecule has 0 aliphatic carbocycles. The number of halogens is 2. The first-order valence-corrected chi connectivity index (χ1v) is 8.63. The zero-order valence-electron chi connectivity index (χ0n) is 10.6. The monoisotopic (exact) mass is 412 g/mol. The molecule has 0 bridgehead atoms. The van der Waals surface area contributed by atoms with E-state index in [0.717, 1.165) is 24.9 Å². The number of thioether (sulfide) groups is 1. The summed E-state index contributed by atoms with van der Waals surface area (Å²) >= 11 is 10.3. The first-order valence-electron chi connectivity index (χ1n) is 5.95. The van der Waals surface area contributed by atoms with Crippen LogP contribution >= 0.6 is 46.0 Å². The molecule has 2 nitrogen and oxygen atoms in total. The summed E-state index contributed by atoms with van der Waals surface area (Å²) < 4.78 is 1.12. The van der Waals surface area contributed by atoms with Crippen molar-refractivity contribution < 1.29 is 0 Å². The third kappa shape index (κ3) is 2.64. The molecule has 0 saturated heterocycles. The van der Waals surface area contributed by atoms with Crippen LogP contribution in [0.5, 0.6) is 0 Å². The van der Waals surface area contributed by atoms with Gasteiger partial charge in [0.1, 0.15) is 5.15 Å². The van der Waals surface area contributed by atoms with Crippen LogP contribution in [0.3, 0.4) is 0 Å². The number of benzene rings is 2. The maximum absolute atomic E-state index is 6.32. The van der Waals surface area contributed by atoms with Gasteiger partial charge in [0.2, 0.25) is 0 Å². The number of hydrogen-bond acceptors (Lipinski definition) is 3. The lowest BCUT2D eigenvalue weighted by atomic mass is 10.2. The Morgan fingerprint density at radius 1 is 1.10 bits per heavy atom. The van der Waals surface area contributed by atoms with Gasteiger partial charge in [-0.05, 0) is 53.1 Å². The largest absolute Gasteiger partial charge is 0.228 e. The van der Waals surface area contributed by atoms with Crippen LogP contribution in [-0.2, 0) is 0 Å². The number of nitrogens with zero attached hydrogens (tertiary/aromatic N) is 2. The van der Waals surface area contributed by atoms with E-state index >= 15 is 0 Å². The lowest BCUT2D eigenvalue weighted by Gasteiger charge is -2.08. The van der Waals surface area contributed by atoms with Crippen LogP contribution in [0.25, 0.3) is 22.3 Å². The Balaban J connectivity index is 2.25. The molecule has 0 aliphatic heterocycles. The standard InChI is InChI=1S/C15H10ClIN2S/c1-20-13-5-3-2-4-10(13)15-18-12-7-6-9(17)8-11(12)14(16)19-15/h2-8H,1H3. The van der Waals surface area contributed by atoms with Crippen LogP contribution in [0.15, 0.2) is 47.4 Å². The second-order valence-electron chi connectivity index (χ2n) is 4.20. The van der Waals surface area contributed by atoms with Crippen molar-refractivity contribution in [2.75, 3.05) is 6.26 Å². The number of hydrogen-bond donors (Lipinski definition) is 0. The van der Waals surface area contributed by atoms with Crippen molar-refractivity contribution in [1.82, 2.24) is 9.97 Å². The van der Waals surface area contributed by atoms with Crippen molar-refractivity contribution in [3.63, 3.8) is 0 Å². The predicted molar refractivity (Wildman–Crippen MR) is 94.5 cm³/mol. The van der Waals surface area contributed by atoms with Gasteiger partial charge < -0.3 is 0 Å². The second kappa shape index (κ2) is 5.87. The van der Waals surface area contributed by atoms with Gasteiger partial charge in [-0.25, -0.2) is 9.97 Å². The SMILES string of the molecule is CSc1ccccc1-c1nc(Cl)c2cc(I)ccc2n1. The van der Waals surface area contributed by atoms with Gasteiger partial charge in [0.25, 0.3) is 0 Å². The molecule has 0 N–H and O–H groups in total. The van der Waals surface area contributed by atoms with E-state index in [1.807, 2.05) is 42.7 Å². The summed E-state index contributed by atoms with van der Waals surface area (Å²) in [6.07, 6.45) is 2.05. The van der Waals surface area contributed by atoms with E-state index in [1.165, 1.54) is 0 Å². The van der Waals surface area contributed by atoms with Crippen molar-refractivity contribution in [2.45, 2.75) is 4.90 Å². The highest BCUT2D eigenvalue weighted by Crippen LogP contribution is 2.31. The normalized spacial score (nSPS) is 10.9. The van der Waals surface area contributed by atoms with Crippen molar-refractivity contribution in [3.8, 4) is 11.4 Å². The maximum atomic E-state index is 6.32. The summed E-state index contributed by atoms with van der Waals surface area (Å²) in [5, 5.41) is 1.39. The van der Waals surface area contributed by atoms with Crippen LogP contribution < -0.4 is 0 Å². The zero-order chi connectivity index (χ0) is 14.1. The van der Waals surface area contributed by atoms with Gasteiger partial charge in [0.15, 0.2) is 5.82 Å². The molecule has 0 radical (unpaired) electrons. The van der Waals surface area contributed by atoms with Crippen molar-refractivity contribution >= 4 is 56.9 Å². The van der Waals surface area contributed by atoms with Crippen molar-refractivity contribution in [2.24, 2.45) is 0 Å². The zero-order valence-corrected chi connectivity index (χ0v) is 14.3. The number of fused-ring (bicyclic) bond motifs is 1. The minimum absolute atomic E-state index is 0.499. The predicted octanol–water partition coefficient (Wildman–Crippen LogP) is 5.28. The molecule has 3 aromatic rings. The second-order valence-corrected chi connectivity index (χ2v) is 6.65. The summed E-state index contributed by atoms with van der Waals surface area (Å²) in [5.41, 5.74) is 1.89. The summed E-state index contributed by atoms with van der Waals surface area (Å²) in [6, 6.07) is 14.1. The first kappa shape index (κ1) is 14.1. The fraction of sp³-hybridized carbons (Fsp3) is 0.0667. The van der Waals surface area contributed by atoms with E-state index in [-0.39, 0.29) is 0 Å². The maximum Gasteiger partial charge on any atom is 0.162 e. The molecular weight excluding hydrogens is 403 g/mol. The summed E-state index contributed by atoms with van der Waals surface area (Å²) in [7, 11) is 0. The molecule has 0 amide bonds. The van der Waals surface area contributed by atoms with Crippen LogP contribution in [0.1, 0.15) is 0 Å². The molecule has 0 unspecified atom stereocenters. The van der Waals surface area contributed by atoms with Crippen LogP contribution in [0, 0.1) is 3.57 Å². The molecule has 2 aromatic carbocycles. The Morgan fingerprint density at radius 2 is 1.90 bits per heavy atom. The smallest absolute Gasteiger partial charge is 0.162 e. The van der Waals surface area contributed by atoms with Gasteiger partial charge in [0, 0.05) is 19.4 Å². The highest BCUT2D eigenvalue weighted by atomic mass is 127. The summed E-state index contributed by atoms with van der Waals surface area (Å²) in [5.74, 6) is 0.675. The third-order valence-electron chi connectivity index (χ3n) is 2.96. The minimum atomic E-state index is 0.499. The molecule has 1 aromatic heterocycles. The lowest BCUT2D eigenvalue weighted by molar-refractivity contribution is 1.20. The van der Waals surface area contributed by atoms with Crippen molar-refractivity contribution in [3.05, 3.63) is 51.2 Å². The molecule has 5 heteroatoms. The van der Waals surface area contributed by atoms with Gasteiger partial charge in [-0.1, -0.05) is 29.8 Å². The summed E-state index contributed by atoms with van der Waals surface area (Å²) in [6.45, 7) is 0. The van der Waals surface area contributed by atoms with Gasteiger partial charge >= 0.3 is 0 Å². The number of aromatic nitrogens is 2. The Morgan fingerprint density at radius 3 is 2.70 bits per heavy atom. The van der Waals surface area contributed by atoms with E-state index in [4.69, 9.17) is 11.6 Å². The lowest BCUT2D eigenvalue weighted by Crippen LogP contribution is -1.93. The molecule has 0 saturated carbocycles. The third-order valence-corrected chi connectivity index (χ3v) is 4.71. The van der Waals surface area contributed by atoms with E-state index < -0.39 is 0 Å². The fourth-order valence-corrected chi connectivity index (χ4v) is 3.33. The Labute approximate surface area is 140 Å². The molecule has 0 spiro atoms. The average Bonchev–Trinajstić information content (AvgIpc) is 2.47. The van der Waals surface area contributed by atoms with E-state index in [9.17, 15) is 0 Å². The Bertz CT molecular complexity index is 792. The van der Waals surface area contributed by atoms with E-state index in [1.54, 1.807) is 11.8 Å². The van der Waals surface area contributed by atoms with Gasteiger partial charge in [-0.15, -0.1) is 11.8 Å². The molecule has 100 valence electrons. The van der Waals surface area contributed by atoms with Gasteiger partial charge in [0.05, 0.1) is 5.52 Å². The molecule has 3 rings (SSSR count). The quantitative estimate of drug-likeness (QED) is 0.325. The van der Waals surface area contributed by atoms with Crippen molar-refractivity contribution in [1.29, 1.82) is 0 Å². The molecule has 0 aliphatic rings. The minimum Gasteiger partial charge on any atom is -0.228 e. The highest BCUT2D eigenvalue weighted by molar-refractivity contribution is 14.1. The van der Waals surface area contributed by atoms with E-state index in [0.29, 0.717) is 11.0 Å². The average molecular weight is 413 g/mol.